The first-order valence-electron chi connectivity index (χ1n) is 6.68. The predicted molar refractivity (Wildman–Crippen MR) is 86.3 cm³/mol. The van der Waals surface area contributed by atoms with Crippen LogP contribution in [-0.4, -0.2) is 20.9 Å². The molecule has 0 heterocycles. The fourth-order valence-corrected chi connectivity index (χ4v) is 3.35. The van der Waals surface area contributed by atoms with Gasteiger partial charge in [0.2, 0.25) is 15.9 Å². The van der Waals surface area contributed by atoms with E-state index in [4.69, 9.17) is 11.6 Å². The zero-order valence-electron chi connectivity index (χ0n) is 11.9. The lowest BCUT2D eigenvalue weighted by molar-refractivity contribution is -0.116. The summed E-state index contributed by atoms with van der Waals surface area (Å²) in [5.41, 5.74) is 0.436. The molecular weight excluding hydrogens is 343 g/mol. The summed E-state index contributed by atoms with van der Waals surface area (Å²) < 4.78 is 39.2. The first-order valence-corrected chi connectivity index (χ1v) is 8.54. The fourth-order valence-electron chi connectivity index (χ4n) is 1.80. The molecule has 8 heteroatoms. The molecule has 0 unspecified atom stereocenters. The minimum atomic E-state index is -3.78. The number of rotatable bonds is 6. The predicted octanol–water partition coefficient (Wildman–Crippen LogP) is 2.79. The van der Waals surface area contributed by atoms with Crippen molar-refractivity contribution in [2.45, 2.75) is 11.3 Å². The molecule has 0 aliphatic heterocycles. The van der Waals surface area contributed by atoms with Crippen LogP contribution in [0.1, 0.15) is 6.42 Å². The standard InChI is InChI=1S/C15H14ClFN2O3S/c16-13-3-1-2-4-14(13)23(21,22)18-10-9-15(20)19-12-7-5-11(17)6-8-12/h1-8,18H,9-10H2,(H,19,20). The van der Waals surface area contributed by atoms with Crippen LogP contribution in [0.5, 0.6) is 0 Å². The number of nitrogens with one attached hydrogen (secondary N) is 2. The summed E-state index contributed by atoms with van der Waals surface area (Å²) in [5.74, 6) is -0.797. The number of carbonyl (C=O) groups is 1. The van der Waals surface area contributed by atoms with Crippen molar-refractivity contribution in [2.24, 2.45) is 0 Å². The van der Waals surface area contributed by atoms with Gasteiger partial charge in [0.15, 0.2) is 0 Å². The van der Waals surface area contributed by atoms with Crippen LogP contribution in [0, 0.1) is 5.82 Å². The molecule has 0 aromatic heterocycles. The number of benzene rings is 2. The number of anilines is 1. The molecule has 2 rings (SSSR count). The monoisotopic (exact) mass is 356 g/mol. The van der Waals surface area contributed by atoms with Gasteiger partial charge in [-0.1, -0.05) is 23.7 Å². The van der Waals surface area contributed by atoms with Crippen molar-refractivity contribution in [3.05, 3.63) is 59.4 Å². The van der Waals surface area contributed by atoms with Crippen LogP contribution in [0.15, 0.2) is 53.4 Å². The summed E-state index contributed by atoms with van der Waals surface area (Å²) in [6.45, 7) is -0.0828. The van der Waals surface area contributed by atoms with Crippen LogP contribution in [0.3, 0.4) is 0 Å². The second-order valence-electron chi connectivity index (χ2n) is 4.63. The highest BCUT2D eigenvalue weighted by Gasteiger charge is 2.17. The molecule has 2 aromatic rings. The molecule has 0 fully saturated rings. The van der Waals surface area contributed by atoms with E-state index in [1.807, 2.05) is 0 Å². The second kappa shape index (κ2) is 7.54. The van der Waals surface area contributed by atoms with Gasteiger partial charge in [0.25, 0.3) is 0 Å². The molecule has 0 aliphatic rings. The van der Waals surface area contributed by atoms with E-state index in [1.54, 1.807) is 12.1 Å². The summed E-state index contributed by atoms with van der Waals surface area (Å²) >= 11 is 5.84. The van der Waals surface area contributed by atoms with Gasteiger partial charge in [-0.25, -0.2) is 17.5 Å². The van der Waals surface area contributed by atoms with Crippen LogP contribution in [-0.2, 0) is 14.8 Å². The Morgan fingerprint density at radius 2 is 1.74 bits per heavy atom. The van der Waals surface area contributed by atoms with Gasteiger partial charge in [-0.3, -0.25) is 4.79 Å². The molecule has 0 saturated heterocycles. The molecule has 0 saturated carbocycles. The maximum absolute atomic E-state index is 12.8. The van der Waals surface area contributed by atoms with Crippen LogP contribution in [0.2, 0.25) is 5.02 Å². The van der Waals surface area contributed by atoms with Crippen molar-refractivity contribution >= 4 is 33.2 Å². The van der Waals surface area contributed by atoms with Crippen LogP contribution >= 0.6 is 11.6 Å². The number of carbonyl (C=O) groups excluding carboxylic acids is 1. The van der Waals surface area contributed by atoms with Gasteiger partial charge >= 0.3 is 0 Å². The molecule has 0 bridgehead atoms. The summed E-state index contributed by atoms with van der Waals surface area (Å²) in [6, 6.07) is 11.3. The van der Waals surface area contributed by atoms with Crippen molar-refractivity contribution in [3.8, 4) is 0 Å². The summed E-state index contributed by atoms with van der Waals surface area (Å²) in [6.07, 6.45) is -0.0684. The molecule has 23 heavy (non-hydrogen) atoms. The molecule has 1 amide bonds. The zero-order valence-corrected chi connectivity index (χ0v) is 13.5. The molecule has 0 atom stereocenters. The Morgan fingerprint density at radius 1 is 1.09 bits per heavy atom. The molecule has 2 N–H and O–H groups in total. The maximum atomic E-state index is 12.8. The Morgan fingerprint density at radius 3 is 2.39 bits per heavy atom. The van der Waals surface area contributed by atoms with Crippen LogP contribution < -0.4 is 10.0 Å². The minimum Gasteiger partial charge on any atom is -0.326 e. The van der Waals surface area contributed by atoms with Gasteiger partial charge in [0.05, 0.1) is 5.02 Å². The molecule has 2 aromatic carbocycles. The lowest BCUT2D eigenvalue weighted by Crippen LogP contribution is -2.28. The van der Waals surface area contributed by atoms with Crippen LogP contribution in [0.4, 0.5) is 10.1 Å². The van der Waals surface area contributed by atoms with E-state index in [0.717, 1.165) is 0 Å². The molecule has 122 valence electrons. The number of hydrogen-bond donors (Lipinski definition) is 2. The second-order valence-corrected chi connectivity index (χ2v) is 6.78. The number of hydrogen-bond acceptors (Lipinski definition) is 3. The first-order chi connectivity index (χ1) is 10.9. The Labute approximate surface area is 138 Å². The normalized spacial score (nSPS) is 11.2. The van der Waals surface area contributed by atoms with E-state index in [0.29, 0.717) is 5.69 Å². The third-order valence-electron chi connectivity index (χ3n) is 2.90. The van der Waals surface area contributed by atoms with Gasteiger partial charge in [0.1, 0.15) is 10.7 Å². The van der Waals surface area contributed by atoms with Crippen molar-refractivity contribution < 1.29 is 17.6 Å². The summed E-state index contributed by atoms with van der Waals surface area (Å²) in [7, 11) is -3.78. The van der Waals surface area contributed by atoms with Gasteiger partial charge in [-0.2, -0.15) is 0 Å². The third-order valence-corrected chi connectivity index (χ3v) is 4.86. The third kappa shape index (κ3) is 5.02. The SMILES string of the molecule is O=C(CCNS(=O)(=O)c1ccccc1Cl)Nc1ccc(F)cc1. The summed E-state index contributed by atoms with van der Waals surface area (Å²) in [5, 5.41) is 2.65. The molecule has 0 radical (unpaired) electrons. The Hall–Kier alpha value is -1.96. The van der Waals surface area contributed by atoms with Gasteiger partial charge in [-0.15, -0.1) is 0 Å². The van der Waals surface area contributed by atoms with E-state index in [2.05, 4.69) is 10.0 Å². The topological polar surface area (TPSA) is 75.3 Å². The zero-order chi connectivity index (χ0) is 16.9. The highest BCUT2D eigenvalue weighted by Crippen LogP contribution is 2.20. The van der Waals surface area contributed by atoms with E-state index >= 15 is 0 Å². The maximum Gasteiger partial charge on any atom is 0.242 e. The Kier molecular flexibility index (Phi) is 5.70. The van der Waals surface area contributed by atoms with Crippen molar-refractivity contribution in [1.82, 2.24) is 4.72 Å². The lowest BCUT2D eigenvalue weighted by atomic mass is 10.3. The largest absolute Gasteiger partial charge is 0.326 e. The average Bonchev–Trinajstić information content (AvgIpc) is 2.49. The average molecular weight is 357 g/mol. The quantitative estimate of drug-likeness (QED) is 0.835. The Balaban J connectivity index is 1.88. The summed E-state index contributed by atoms with van der Waals surface area (Å²) in [4.78, 5) is 11.7. The Bertz CT molecular complexity index is 795. The van der Waals surface area contributed by atoms with Crippen molar-refractivity contribution in [1.29, 1.82) is 0 Å². The highest BCUT2D eigenvalue weighted by atomic mass is 35.5. The first kappa shape index (κ1) is 17.4. The fraction of sp³-hybridized carbons (Fsp3) is 0.133. The van der Waals surface area contributed by atoms with E-state index in [1.165, 1.54) is 36.4 Å². The molecule has 0 aliphatic carbocycles. The number of halogens is 2. The van der Waals surface area contributed by atoms with E-state index in [9.17, 15) is 17.6 Å². The number of sulfonamides is 1. The van der Waals surface area contributed by atoms with E-state index in [-0.39, 0.29) is 22.9 Å². The number of amides is 1. The minimum absolute atomic E-state index is 0.0411. The van der Waals surface area contributed by atoms with Crippen molar-refractivity contribution in [2.75, 3.05) is 11.9 Å². The molecule has 5 nitrogen and oxygen atoms in total. The van der Waals surface area contributed by atoms with Gasteiger partial charge < -0.3 is 5.32 Å². The molecule has 0 spiro atoms. The van der Waals surface area contributed by atoms with Gasteiger partial charge in [0, 0.05) is 18.7 Å². The van der Waals surface area contributed by atoms with E-state index < -0.39 is 21.7 Å². The molecular formula is C15H14ClFN2O3S. The highest BCUT2D eigenvalue weighted by molar-refractivity contribution is 7.89. The van der Waals surface area contributed by atoms with Crippen LogP contribution in [0.25, 0.3) is 0 Å². The smallest absolute Gasteiger partial charge is 0.242 e. The van der Waals surface area contributed by atoms with Gasteiger partial charge in [-0.05, 0) is 36.4 Å². The van der Waals surface area contributed by atoms with Crippen molar-refractivity contribution in [3.63, 3.8) is 0 Å². The lowest BCUT2D eigenvalue weighted by Gasteiger charge is -2.08.